The fraction of sp³-hybridized carbons (Fsp3) is 0.294. The lowest BCUT2D eigenvalue weighted by Crippen LogP contribution is -1.93. The van der Waals surface area contributed by atoms with Crippen LogP contribution in [0.5, 0.6) is 5.75 Å². The molecular weight excluding hydrogens is 258 g/mol. The van der Waals surface area contributed by atoms with Gasteiger partial charge in [0.15, 0.2) is 11.6 Å². The van der Waals surface area contributed by atoms with Crippen LogP contribution in [-0.4, -0.2) is 5.11 Å². The molecule has 3 heteroatoms. The maximum absolute atomic E-state index is 13.8. The molecule has 0 unspecified atom stereocenters. The van der Waals surface area contributed by atoms with Crippen molar-refractivity contribution in [3.05, 3.63) is 53.6 Å². The first kappa shape index (κ1) is 13.1. The molecule has 2 aromatic carbocycles. The topological polar surface area (TPSA) is 20.2 Å². The minimum Gasteiger partial charge on any atom is -0.505 e. The maximum Gasteiger partial charge on any atom is 0.200 e. The van der Waals surface area contributed by atoms with E-state index in [1.54, 1.807) is 0 Å². The van der Waals surface area contributed by atoms with Crippen molar-refractivity contribution in [2.24, 2.45) is 0 Å². The molecule has 1 saturated carbocycles. The van der Waals surface area contributed by atoms with Crippen LogP contribution in [0, 0.1) is 11.6 Å². The summed E-state index contributed by atoms with van der Waals surface area (Å²) in [6.07, 6.45) is 4.96. The third-order valence-corrected chi connectivity index (χ3v) is 4.11. The van der Waals surface area contributed by atoms with Gasteiger partial charge >= 0.3 is 0 Å². The Morgan fingerprint density at radius 1 is 0.850 bits per heavy atom. The number of aromatic hydroxyl groups is 1. The van der Waals surface area contributed by atoms with E-state index < -0.39 is 17.4 Å². The molecule has 1 nitrogen and oxygen atoms in total. The summed E-state index contributed by atoms with van der Waals surface area (Å²) in [6.45, 7) is 0. The van der Waals surface area contributed by atoms with Crippen LogP contribution in [-0.2, 0) is 0 Å². The summed E-state index contributed by atoms with van der Waals surface area (Å²) in [6, 6.07) is 10.2. The molecule has 1 N–H and O–H groups in total. The lowest BCUT2D eigenvalue weighted by Gasteiger charge is -2.11. The first-order valence-electron chi connectivity index (χ1n) is 6.94. The van der Waals surface area contributed by atoms with Gasteiger partial charge in [-0.05, 0) is 42.0 Å². The SMILES string of the molecule is Oc1ccc(-c2ccc(C3CCCC3)cc2)c(F)c1F. The van der Waals surface area contributed by atoms with Gasteiger partial charge in [0.05, 0.1) is 0 Å². The Morgan fingerprint density at radius 2 is 1.50 bits per heavy atom. The highest BCUT2D eigenvalue weighted by atomic mass is 19.2. The molecule has 1 aliphatic carbocycles. The van der Waals surface area contributed by atoms with Crippen LogP contribution in [0.3, 0.4) is 0 Å². The molecule has 3 rings (SSSR count). The number of hydrogen-bond donors (Lipinski definition) is 1. The summed E-state index contributed by atoms with van der Waals surface area (Å²) in [5, 5.41) is 9.14. The molecule has 0 atom stereocenters. The van der Waals surface area contributed by atoms with E-state index in [4.69, 9.17) is 5.11 Å². The Morgan fingerprint density at radius 3 is 2.15 bits per heavy atom. The molecule has 0 heterocycles. The first-order chi connectivity index (χ1) is 9.66. The second-order valence-corrected chi connectivity index (χ2v) is 5.36. The molecule has 1 aliphatic rings. The van der Waals surface area contributed by atoms with Crippen molar-refractivity contribution in [1.29, 1.82) is 0 Å². The van der Waals surface area contributed by atoms with Crippen molar-refractivity contribution in [1.82, 2.24) is 0 Å². The molecule has 20 heavy (non-hydrogen) atoms. The Kier molecular flexibility index (Phi) is 3.43. The highest BCUT2D eigenvalue weighted by molar-refractivity contribution is 5.65. The van der Waals surface area contributed by atoms with Crippen molar-refractivity contribution in [3.8, 4) is 16.9 Å². The minimum atomic E-state index is -1.19. The number of rotatable bonds is 2. The summed E-state index contributed by atoms with van der Waals surface area (Å²) in [5.74, 6) is -2.25. The third-order valence-electron chi connectivity index (χ3n) is 4.11. The second kappa shape index (κ2) is 5.23. The monoisotopic (exact) mass is 274 g/mol. The van der Waals surface area contributed by atoms with Gasteiger partial charge < -0.3 is 5.11 Å². The number of benzene rings is 2. The van der Waals surface area contributed by atoms with Gasteiger partial charge in [0.2, 0.25) is 5.82 Å². The van der Waals surface area contributed by atoms with Crippen molar-refractivity contribution < 1.29 is 13.9 Å². The van der Waals surface area contributed by atoms with Crippen molar-refractivity contribution in [2.45, 2.75) is 31.6 Å². The Labute approximate surface area is 116 Å². The summed E-state index contributed by atoms with van der Waals surface area (Å²) < 4.78 is 27.2. The summed E-state index contributed by atoms with van der Waals surface area (Å²) in [5.41, 5.74) is 2.08. The fourth-order valence-electron chi connectivity index (χ4n) is 2.96. The van der Waals surface area contributed by atoms with Crippen LogP contribution in [0.25, 0.3) is 11.1 Å². The van der Waals surface area contributed by atoms with Gasteiger partial charge in [-0.15, -0.1) is 0 Å². The Bertz CT molecular complexity index is 614. The average Bonchev–Trinajstić information content (AvgIpc) is 3.00. The zero-order valence-electron chi connectivity index (χ0n) is 11.1. The van der Waals surface area contributed by atoms with E-state index in [9.17, 15) is 8.78 Å². The Balaban J connectivity index is 1.93. The lowest BCUT2D eigenvalue weighted by atomic mass is 9.95. The molecule has 2 aromatic rings. The molecule has 0 radical (unpaired) electrons. The van der Waals surface area contributed by atoms with E-state index >= 15 is 0 Å². The normalized spacial score (nSPS) is 15.7. The van der Waals surface area contributed by atoms with Crippen molar-refractivity contribution >= 4 is 0 Å². The van der Waals surface area contributed by atoms with Crippen LogP contribution in [0.15, 0.2) is 36.4 Å². The third kappa shape index (κ3) is 2.28. The number of phenolic OH excluding ortho intramolecular Hbond substituents is 1. The van der Waals surface area contributed by atoms with E-state index in [0.29, 0.717) is 11.5 Å². The smallest absolute Gasteiger partial charge is 0.200 e. The highest BCUT2D eigenvalue weighted by Crippen LogP contribution is 2.35. The predicted molar refractivity (Wildman–Crippen MR) is 74.7 cm³/mol. The predicted octanol–water partition coefficient (Wildman–Crippen LogP) is 5.00. The standard InChI is InChI=1S/C17H16F2O/c18-16-14(9-10-15(20)17(16)19)13-7-5-12(6-8-13)11-3-1-2-4-11/h5-11,20H,1-4H2. The quantitative estimate of drug-likeness (QED) is 0.817. The molecule has 0 amide bonds. The van der Waals surface area contributed by atoms with Gasteiger partial charge in [0.25, 0.3) is 0 Å². The Hall–Kier alpha value is -1.90. The largest absolute Gasteiger partial charge is 0.505 e. The van der Waals surface area contributed by atoms with Crippen molar-refractivity contribution in [2.75, 3.05) is 0 Å². The van der Waals surface area contributed by atoms with Gasteiger partial charge in [0, 0.05) is 5.56 Å². The van der Waals surface area contributed by atoms with E-state index in [1.165, 1.54) is 43.4 Å². The van der Waals surface area contributed by atoms with Crippen molar-refractivity contribution in [3.63, 3.8) is 0 Å². The minimum absolute atomic E-state index is 0.179. The van der Waals surface area contributed by atoms with E-state index in [0.717, 1.165) is 0 Å². The van der Waals surface area contributed by atoms with Crippen LogP contribution < -0.4 is 0 Å². The van der Waals surface area contributed by atoms with Crippen LogP contribution in [0.1, 0.15) is 37.2 Å². The molecule has 1 fully saturated rings. The van der Waals surface area contributed by atoms with Crippen LogP contribution in [0.2, 0.25) is 0 Å². The molecule has 104 valence electrons. The number of hydrogen-bond acceptors (Lipinski definition) is 1. The molecular formula is C17H16F2O. The molecule has 0 saturated heterocycles. The second-order valence-electron chi connectivity index (χ2n) is 5.36. The van der Waals surface area contributed by atoms with E-state index in [1.807, 2.05) is 24.3 Å². The zero-order valence-corrected chi connectivity index (χ0v) is 11.1. The first-order valence-corrected chi connectivity index (χ1v) is 6.94. The van der Waals surface area contributed by atoms with Gasteiger partial charge in [-0.25, -0.2) is 4.39 Å². The molecule has 0 bridgehead atoms. The van der Waals surface area contributed by atoms with Crippen LogP contribution in [0.4, 0.5) is 8.78 Å². The van der Waals surface area contributed by atoms with Crippen LogP contribution >= 0.6 is 0 Å². The highest BCUT2D eigenvalue weighted by Gasteiger charge is 2.18. The van der Waals surface area contributed by atoms with E-state index in [-0.39, 0.29) is 5.56 Å². The van der Waals surface area contributed by atoms with E-state index in [2.05, 4.69) is 0 Å². The number of halogens is 2. The summed E-state index contributed by atoms with van der Waals surface area (Å²) in [4.78, 5) is 0. The zero-order chi connectivity index (χ0) is 14.1. The maximum atomic E-state index is 13.8. The average molecular weight is 274 g/mol. The summed E-state index contributed by atoms with van der Waals surface area (Å²) >= 11 is 0. The summed E-state index contributed by atoms with van der Waals surface area (Å²) in [7, 11) is 0. The molecule has 0 aromatic heterocycles. The van der Waals surface area contributed by atoms with Gasteiger partial charge in [-0.1, -0.05) is 37.1 Å². The van der Waals surface area contributed by atoms with Gasteiger partial charge in [-0.2, -0.15) is 4.39 Å². The van der Waals surface area contributed by atoms with Gasteiger partial charge in [-0.3, -0.25) is 0 Å². The molecule has 0 aliphatic heterocycles. The van der Waals surface area contributed by atoms with Gasteiger partial charge in [0.1, 0.15) is 0 Å². The lowest BCUT2D eigenvalue weighted by molar-refractivity contribution is 0.408. The molecule has 0 spiro atoms. The number of phenols is 1. The fourth-order valence-corrected chi connectivity index (χ4v) is 2.96.